The van der Waals surface area contributed by atoms with Crippen molar-refractivity contribution in [2.75, 3.05) is 13.6 Å². The topological polar surface area (TPSA) is 32.3 Å². The molecule has 2 rings (SSSR count). The highest BCUT2D eigenvalue weighted by Gasteiger charge is 2.21. The van der Waals surface area contributed by atoms with E-state index in [1.165, 1.54) is 17.7 Å². The molecule has 0 unspecified atom stereocenters. The fraction of sp³-hybridized carbons (Fsp3) is 0.545. The molecule has 1 amide bonds. The van der Waals surface area contributed by atoms with E-state index in [9.17, 15) is 4.79 Å². The van der Waals surface area contributed by atoms with Crippen molar-refractivity contribution in [3.8, 4) is 0 Å². The first-order valence-electron chi connectivity index (χ1n) is 5.25. The number of carbonyl (C=O) groups excluding carboxylic acids is 1. The molecule has 15 heavy (non-hydrogen) atoms. The zero-order valence-corrected chi connectivity index (χ0v) is 9.72. The molecule has 0 aromatic carbocycles. The highest BCUT2D eigenvalue weighted by molar-refractivity contribution is 7.09. The molecular formula is C11H16N2OS. The van der Waals surface area contributed by atoms with Gasteiger partial charge in [-0.1, -0.05) is 6.07 Å². The van der Waals surface area contributed by atoms with E-state index in [0.29, 0.717) is 12.6 Å². The zero-order chi connectivity index (χ0) is 10.7. The molecule has 1 saturated carbocycles. The van der Waals surface area contributed by atoms with Gasteiger partial charge in [0.2, 0.25) is 5.91 Å². The van der Waals surface area contributed by atoms with Crippen LogP contribution in [0.5, 0.6) is 0 Å². The van der Waals surface area contributed by atoms with Crippen LogP contribution < -0.4 is 5.32 Å². The van der Waals surface area contributed by atoms with Crippen molar-refractivity contribution >= 4 is 17.2 Å². The summed E-state index contributed by atoms with van der Waals surface area (Å²) in [5.74, 6) is 0.176. The number of rotatable bonds is 5. The molecule has 0 aliphatic heterocycles. The molecule has 1 aromatic rings. The van der Waals surface area contributed by atoms with Crippen LogP contribution in [0.1, 0.15) is 17.7 Å². The number of amides is 1. The Morgan fingerprint density at radius 3 is 3.07 bits per heavy atom. The summed E-state index contributed by atoms with van der Waals surface area (Å²) in [6.07, 6.45) is 2.45. The Balaban J connectivity index is 1.73. The Morgan fingerprint density at radius 1 is 1.67 bits per heavy atom. The Hall–Kier alpha value is -0.870. The minimum Gasteiger partial charge on any atom is -0.340 e. The smallest absolute Gasteiger partial charge is 0.236 e. The van der Waals surface area contributed by atoms with Crippen LogP contribution in [0.3, 0.4) is 0 Å². The standard InChI is InChI=1S/C11H16N2OS/c1-13(8-10-3-2-6-15-10)11(14)7-12-9-4-5-9/h2-3,6,9,12H,4-5,7-8H2,1H3. The lowest BCUT2D eigenvalue weighted by Crippen LogP contribution is -2.35. The van der Waals surface area contributed by atoms with Gasteiger partial charge in [-0.05, 0) is 24.3 Å². The van der Waals surface area contributed by atoms with Gasteiger partial charge in [0.15, 0.2) is 0 Å². The van der Waals surface area contributed by atoms with Gasteiger partial charge < -0.3 is 10.2 Å². The maximum Gasteiger partial charge on any atom is 0.236 e. The molecule has 1 N–H and O–H groups in total. The van der Waals surface area contributed by atoms with E-state index in [-0.39, 0.29) is 5.91 Å². The molecule has 0 atom stereocenters. The zero-order valence-electron chi connectivity index (χ0n) is 8.90. The van der Waals surface area contributed by atoms with Gasteiger partial charge in [0, 0.05) is 18.0 Å². The number of thiophene rings is 1. The lowest BCUT2D eigenvalue weighted by Gasteiger charge is -2.16. The second-order valence-corrected chi connectivity index (χ2v) is 5.02. The van der Waals surface area contributed by atoms with Crippen LogP contribution in [-0.2, 0) is 11.3 Å². The lowest BCUT2D eigenvalue weighted by molar-refractivity contribution is -0.129. The average molecular weight is 224 g/mol. The molecule has 1 aliphatic carbocycles. The number of nitrogens with one attached hydrogen (secondary N) is 1. The van der Waals surface area contributed by atoms with Crippen molar-refractivity contribution in [1.29, 1.82) is 0 Å². The van der Waals surface area contributed by atoms with Gasteiger partial charge in [-0.2, -0.15) is 0 Å². The third-order valence-electron chi connectivity index (χ3n) is 2.52. The predicted octanol–water partition coefficient (Wildman–Crippen LogP) is 1.46. The summed E-state index contributed by atoms with van der Waals surface area (Å²) in [6.45, 7) is 1.20. The summed E-state index contributed by atoms with van der Waals surface area (Å²) in [5.41, 5.74) is 0. The fourth-order valence-electron chi connectivity index (χ4n) is 1.38. The molecule has 0 spiro atoms. The highest BCUT2D eigenvalue weighted by Crippen LogP contribution is 2.18. The maximum absolute atomic E-state index is 11.7. The molecule has 1 fully saturated rings. The van der Waals surface area contributed by atoms with Crippen LogP contribution in [0, 0.1) is 0 Å². The van der Waals surface area contributed by atoms with Gasteiger partial charge in [0.05, 0.1) is 13.1 Å². The van der Waals surface area contributed by atoms with Crippen LogP contribution in [0.2, 0.25) is 0 Å². The number of nitrogens with zero attached hydrogens (tertiary/aromatic N) is 1. The first kappa shape index (κ1) is 10.6. The third kappa shape index (κ3) is 3.32. The number of hydrogen-bond donors (Lipinski definition) is 1. The minimum atomic E-state index is 0.176. The minimum absolute atomic E-state index is 0.176. The predicted molar refractivity (Wildman–Crippen MR) is 61.8 cm³/mol. The Morgan fingerprint density at radius 2 is 2.47 bits per heavy atom. The number of likely N-dealkylation sites (N-methyl/N-ethyl adjacent to an activating group) is 1. The SMILES string of the molecule is CN(Cc1cccs1)C(=O)CNC1CC1. The van der Waals surface area contributed by atoms with Gasteiger partial charge in [0.1, 0.15) is 0 Å². The van der Waals surface area contributed by atoms with Crippen molar-refractivity contribution < 1.29 is 4.79 Å². The molecular weight excluding hydrogens is 208 g/mol. The van der Waals surface area contributed by atoms with Gasteiger partial charge >= 0.3 is 0 Å². The van der Waals surface area contributed by atoms with Crippen LogP contribution in [0.15, 0.2) is 17.5 Å². The van der Waals surface area contributed by atoms with Gasteiger partial charge in [-0.3, -0.25) is 4.79 Å². The van der Waals surface area contributed by atoms with Gasteiger partial charge in [0.25, 0.3) is 0 Å². The molecule has 1 aliphatic rings. The van der Waals surface area contributed by atoms with E-state index in [1.54, 1.807) is 16.2 Å². The first-order valence-corrected chi connectivity index (χ1v) is 6.13. The summed E-state index contributed by atoms with van der Waals surface area (Å²) in [6, 6.07) is 4.67. The molecule has 82 valence electrons. The molecule has 3 nitrogen and oxygen atoms in total. The molecule has 0 saturated heterocycles. The Kier molecular flexibility index (Phi) is 3.38. The summed E-state index contributed by atoms with van der Waals surface area (Å²) in [7, 11) is 1.86. The molecule has 0 bridgehead atoms. The molecule has 0 radical (unpaired) electrons. The molecule has 4 heteroatoms. The normalized spacial score (nSPS) is 15.3. The Bertz CT molecular complexity index is 319. The lowest BCUT2D eigenvalue weighted by atomic mass is 10.4. The number of hydrogen-bond acceptors (Lipinski definition) is 3. The maximum atomic E-state index is 11.7. The number of carbonyl (C=O) groups is 1. The van der Waals surface area contributed by atoms with Crippen molar-refractivity contribution in [2.24, 2.45) is 0 Å². The summed E-state index contributed by atoms with van der Waals surface area (Å²) >= 11 is 1.69. The van der Waals surface area contributed by atoms with Crippen molar-refractivity contribution in [3.63, 3.8) is 0 Å². The van der Waals surface area contributed by atoms with Crippen LogP contribution in [0.25, 0.3) is 0 Å². The van der Waals surface area contributed by atoms with Crippen LogP contribution in [-0.4, -0.2) is 30.4 Å². The van der Waals surface area contributed by atoms with Crippen molar-refractivity contribution in [1.82, 2.24) is 10.2 Å². The first-order chi connectivity index (χ1) is 7.25. The average Bonchev–Trinajstić information content (AvgIpc) is 2.92. The van der Waals surface area contributed by atoms with Crippen LogP contribution >= 0.6 is 11.3 Å². The quantitative estimate of drug-likeness (QED) is 0.821. The Labute approximate surface area is 94.1 Å². The van der Waals surface area contributed by atoms with E-state index in [0.717, 1.165) is 6.54 Å². The van der Waals surface area contributed by atoms with Gasteiger partial charge in [-0.25, -0.2) is 0 Å². The summed E-state index contributed by atoms with van der Waals surface area (Å²) in [5, 5.41) is 5.27. The van der Waals surface area contributed by atoms with E-state index < -0.39 is 0 Å². The van der Waals surface area contributed by atoms with Gasteiger partial charge in [-0.15, -0.1) is 11.3 Å². The van der Waals surface area contributed by atoms with Crippen molar-refractivity contribution in [3.05, 3.63) is 22.4 Å². The summed E-state index contributed by atoms with van der Waals surface area (Å²) in [4.78, 5) is 14.7. The molecule has 1 heterocycles. The molecule has 1 aromatic heterocycles. The van der Waals surface area contributed by atoms with Crippen LogP contribution in [0.4, 0.5) is 0 Å². The fourth-order valence-corrected chi connectivity index (χ4v) is 2.14. The van der Waals surface area contributed by atoms with E-state index in [2.05, 4.69) is 11.4 Å². The summed E-state index contributed by atoms with van der Waals surface area (Å²) < 4.78 is 0. The third-order valence-corrected chi connectivity index (χ3v) is 3.38. The second-order valence-electron chi connectivity index (χ2n) is 3.98. The van der Waals surface area contributed by atoms with E-state index in [4.69, 9.17) is 0 Å². The monoisotopic (exact) mass is 224 g/mol. The van der Waals surface area contributed by atoms with E-state index in [1.807, 2.05) is 18.5 Å². The highest BCUT2D eigenvalue weighted by atomic mass is 32.1. The largest absolute Gasteiger partial charge is 0.340 e. The van der Waals surface area contributed by atoms with Crippen molar-refractivity contribution in [2.45, 2.75) is 25.4 Å². The second kappa shape index (κ2) is 4.77. The van der Waals surface area contributed by atoms with E-state index >= 15 is 0 Å².